The number of ether oxygens (including phenoxy) is 2. The molecule has 3 aromatic rings. The Morgan fingerprint density at radius 3 is 2.40 bits per heavy atom. The highest BCUT2D eigenvalue weighted by molar-refractivity contribution is 5.93. The number of hydrogen-bond acceptors (Lipinski definition) is 6. The number of carboxylic acid groups (broad SMARTS) is 1. The molecule has 1 atom stereocenters. The van der Waals surface area contributed by atoms with Crippen molar-refractivity contribution in [1.29, 1.82) is 0 Å². The highest BCUT2D eigenvalue weighted by Crippen LogP contribution is 2.31. The van der Waals surface area contributed by atoms with E-state index in [1.54, 1.807) is 42.5 Å². The van der Waals surface area contributed by atoms with Gasteiger partial charge >= 0.3 is 5.97 Å². The number of carboxylic acids is 1. The lowest BCUT2D eigenvalue weighted by molar-refractivity contribution is -0.137. The third-order valence-electron chi connectivity index (χ3n) is 4.42. The standard InChI is InChI=1S/C21H21N3O6/c1-29-17-9-8-13(10-18(17)30-2)15(12-20(26)27)22-21(28)16-11-19(25)24(23-16)14-6-4-3-5-7-14/h3-11,15,25H,12H2,1-2H3,(H,22,28)(H,26,27). The molecule has 2 aromatic carbocycles. The predicted molar refractivity (Wildman–Crippen MR) is 107 cm³/mol. The minimum Gasteiger partial charge on any atom is -0.493 e. The van der Waals surface area contributed by atoms with Crippen LogP contribution >= 0.6 is 0 Å². The van der Waals surface area contributed by atoms with E-state index in [2.05, 4.69) is 10.4 Å². The van der Waals surface area contributed by atoms with Gasteiger partial charge in [0, 0.05) is 6.07 Å². The number of hydrogen-bond donors (Lipinski definition) is 3. The second-order valence-corrected chi connectivity index (χ2v) is 6.37. The lowest BCUT2D eigenvalue weighted by atomic mass is 10.0. The first-order valence-electron chi connectivity index (χ1n) is 9.02. The summed E-state index contributed by atoms with van der Waals surface area (Å²) in [5, 5.41) is 26.2. The van der Waals surface area contributed by atoms with E-state index in [9.17, 15) is 19.8 Å². The Balaban J connectivity index is 1.87. The van der Waals surface area contributed by atoms with Gasteiger partial charge in [-0.2, -0.15) is 5.10 Å². The first-order chi connectivity index (χ1) is 14.4. The number of para-hydroxylation sites is 1. The molecule has 0 aliphatic carbocycles. The van der Waals surface area contributed by atoms with Gasteiger partial charge in [0.05, 0.1) is 32.4 Å². The van der Waals surface area contributed by atoms with Gasteiger partial charge in [-0.15, -0.1) is 0 Å². The number of methoxy groups -OCH3 is 2. The van der Waals surface area contributed by atoms with Crippen LogP contribution in [0, 0.1) is 0 Å². The van der Waals surface area contributed by atoms with Crippen molar-refractivity contribution in [2.45, 2.75) is 12.5 Å². The van der Waals surface area contributed by atoms with E-state index in [4.69, 9.17) is 9.47 Å². The Labute approximate surface area is 172 Å². The average molecular weight is 411 g/mol. The molecule has 0 spiro atoms. The summed E-state index contributed by atoms with van der Waals surface area (Å²) in [4.78, 5) is 24.1. The molecule has 0 aliphatic rings. The Morgan fingerprint density at radius 1 is 1.07 bits per heavy atom. The number of aromatic nitrogens is 2. The number of amides is 1. The van der Waals surface area contributed by atoms with Crippen molar-refractivity contribution in [3.63, 3.8) is 0 Å². The molecule has 3 rings (SSSR count). The van der Waals surface area contributed by atoms with E-state index in [0.29, 0.717) is 22.7 Å². The largest absolute Gasteiger partial charge is 0.493 e. The van der Waals surface area contributed by atoms with Gasteiger partial charge in [-0.1, -0.05) is 24.3 Å². The van der Waals surface area contributed by atoms with E-state index in [1.165, 1.54) is 25.0 Å². The fraction of sp³-hybridized carbons (Fsp3) is 0.190. The zero-order valence-electron chi connectivity index (χ0n) is 16.4. The van der Waals surface area contributed by atoms with Gasteiger partial charge in [-0.05, 0) is 29.8 Å². The molecule has 1 amide bonds. The molecule has 156 valence electrons. The fourth-order valence-electron chi connectivity index (χ4n) is 2.97. The molecule has 0 bridgehead atoms. The summed E-state index contributed by atoms with van der Waals surface area (Å²) in [5.41, 5.74) is 1.05. The van der Waals surface area contributed by atoms with E-state index in [0.717, 1.165) is 0 Å². The smallest absolute Gasteiger partial charge is 0.305 e. The van der Waals surface area contributed by atoms with Crippen LogP contribution in [-0.2, 0) is 4.79 Å². The molecule has 0 radical (unpaired) electrons. The Hall–Kier alpha value is -4.01. The van der Waals surface area contributed by atoms with Gasteiger partial charge in [0.25, 0.3) is 5.91 Å². The molecule has 30 heavy (non-hydrogen) atoms. The first kappa shape index (κ1) is 20.7. The molecule has 9 heteroatoms. The summed E-state index contributed by atoms with van der Waals surface area (Å²) >= 11 is 0. The second kappa shape index (κ2) is 8.99. The van der Waals surface area contributed by atoms with Crippen LogP contribution in [0.25, 0.3) is 5.69 Å². The van der Waals surface area contributed by atoms with Gasteiger partial charge in [0.15, 0.2) is 17.2 Å². The van der Waals surface area contributed by atoms with Gasteiger partial charge in [0.1, 0.15) is 0 Å². The minimum absolute atomic E-state index is 0.0489. The second-order valence-electron chi connectivity index (χ2n) is 6.37. The zero-order chi connectivity index (χ0) is 21.7. The molecular formula is C21H21N3O6. The lowest BCUT2D eigenvalue weighted by Gasteiger charge is -2.18. The predicted octanol–water partition coefficient (Wildman–Crippen LogP) is 2.54. The van der Waals surface area contributed by atoms with Crippen LogP contribution in [-0.4, -0.2) is 46.1 Å². The number of aromatic hydroxyl groups is 1. The Morgan fingerprint density at radius 2 is 1.77 bits per heavy atom. The summed E-state index contributed by atoms with van der Waals surface area (Å²) in [6.07, 6.45) is -0.355. The maximum absolute atomic E-state index is 12.7. The molecule has 1 unspecified atom stereocenters. The molecule has 9 nitrogen and oxygen atoms in total. The van der Waals surface area contributed by atoms with Crippen LogP contribution in [0.2, 0.25) is 0 Å². The maximum atomic E-state index is 12.7. The van der Waals surface area contributed by atoms with Crippen molar-refractivity contribution in [3.05, 3.63) is 65.9 Å². The summed E-state index contributed by atoms with van der Waals surface area (Å²) in [5.74, 6) is -1.04. The van der Waals surface area contributed by atoms with E-state index < -0.39 is 17.9 Å². The summed E-state index contributed by atoms with van der Waals surface area (Å²) in [6, 6.07) is 14.1. The van der Waals surface area contributed by atoms with Gasteiger partial charge in [-0.3, -0.25) is 9.59 Å². The molecule has 0 fully saturated rings. The number of nitrogens with one attached hydrogen (secondary N) is 1. The van der Waals surface area contributed by atoms with Gasteiger partial charge < -0.3 is 25.0 Å². The van der Waals surface area contributed by atoms with Crippen molar-refractivity contribution in [3.8, 4) is 23.1 Å². The quantitative estimate of drug-likeness (QED) is 0.520. The van der Waals surface area contributed by atoms with E-state index in [-0.39, 0.29) is 18.0 Å². The van der Waals surface area contributed by atoms with Crippen molar-refractivity contribution in [2.24, 2.45) is 0 Å². The first-order valence-corrected chi connectivity index (χ1v) is 9.02. The summed E-state index contributed by atoms with van der Waals surface area (Å²) < 4.78 is 11.7. The number of carbonyl (C=O) groups is 2. The topological polar surface area (TPSA) is 123 Å². The summed E-state index contributed by atoms with van der Waals surface area (Å²) in [6.45, 7) is 0. The number of benzene rings is 2. The number of carbonyl (C=O) groups excluding carboxylic acids is 1. The molecule has 0 aliphatic heterocycles. The molecule has 0 saturated heterocycles. The van der Waals surface area contributed by atoms with Crippen LogP contribution in [0.15, 0.2) is 54.6 Å². The lowest BCUT2D eigenvalue weighted by Crippen LogP contribution is -2.30. The molecule has 1 heterocycles. The normalized spacial score (nSPS) is 11.5. The van der Waals surface area contributed by atoms with Crippen molar-refractivity contribution >= 4 is 11.9 Å². The van der Waals surface area contributed by atoms with Gasteiger partial charge in [-0.25, -0.2) is 4.68 Å². The Bertz CT molecular complexity index is 1050. The molecular weight excluding hydrogens is 390 g/mol. The van der Waals surface area contributed by atoms with Crippen molar-refractivity contribution in [1.82, 2.24) is 15.1 Å². The van der Waals surface area contributed by atoms with Crippen LogP contribution in [0.3, 0.4) is 0 Å². The maximum Gasteiger partial charge on any atom is 0.305 e. The monoisotopic (exact) mass is 411 g/mol. The Kier molecular flexibility index (Phi) is 6.21. The third kappa shape index (κ3) is 4.52. The average Bonchev–Trinajstić information content (AvgIpc) is 3.14. The highest BCUT2D eigenvalue weighted by atomic mass is 16.5. The summed E-state index contributed by atoms with van der Waals surface area (Å²) in [7, 11) is 2.95. The van der Waals surface area contributed by atoms with E-state index in [1.807, 2.05) is 6.07 Å². The van der Waals surface area contributed by atoms with Crippen molar-refractivity contribution in [2.75, 3.05) is 14.2 Å². The molecule has 1 aromatic heterocycles. The zero-order valence-corrected chi connectivity index (χ0v) is 16.4. The van der Waals surface area contributed by atoms with Crippen LogP contribution in [0.1, 0.15) is 28.5 Å². The number of aliphatic carboxylic acids is 1. The van der Waals surface area contributed by atoms with E-state index >= 15 is 0 Å². The SMILES string of the molecule is COc1ccc(C(CC(=O)O)NC(=O)c2cc(O)n(-c3ccccc3)n2)cc1OC. The van der Waals surface area contributed by atoms with Gasteiger partial charge in [0.2, 0.25) is 5.88 Å². The number of nitrogens with zero attached hydrogens (tertiary/aromatic N) is 2. The van der Waals surface area contributed by atoms with Crippen molar-refractivity contribution < 1.29 is 29.3 Å². The van der Waals surface area contributed by atoms with Crippen LogP contribution in [0.4, 0.5) is 0 Å². The molecule has 3 N–H and O–H groups in total. The van der Waals surface area contributed by atoms with Crippen LogP contribution in [0.5, 0.6) is 17.4 Å². The highest BCUT2D eigenvalue weighted by Gasteiger charge is 2.23. The molecule has 0 saturated carbocycles. The number of rotatable bonds is 8. The van der Waals surface area contributed by atoms with Crippen LogP contribution < -0.4 is 14.8 Å². The minimum atomic E-state index is -1.09. The third-order valence-corrected chi connectivity index (χ3v) is 4.42. The fourth-order valence-corrected chi connectivity index (χ4v) is 2.97.